The van der Waals surface area contributed by atoms with E-state index in [0.29, 0.717) is 15.8 Å². The predicted octanol–water partition coefficient (Wildman–Crippen LogP) is 3.22. The molecule has 0 aromatic heterocycles. The molecule has 2 N–H and O–H groups in total. The van der Waals surface area contributed by atoms with E-state index in [1.54, 1.807) is 6.07 Å². The van der Waals surface area contributed by atoms with E-state index in [4.69, 9.17) is 33.0 Å². The Labute approximate surface area is 122 Å². The molecule has 4 nitrogen and oxygen atoms in total. The third-order valence-corrected chi connectivity index (χ3v) is 2.98. The van der Waals surface area contributed by atoms with Gasteiger partial charge in [0.05, 0.1) is 5.02 Å². The third kappa shape index (κ3) is 7.25. The highest BCUT2D eigenvalue weighted by atomic mass is 35.5. The monoisotopic (exact) mass is 305 g/mol. The van der Waals surface area contributed by atoms with Crippen LogP contribution in [0.15, 0.2) is 18.2 Å². The summed E-state index contributed by atoms with van der Waals surface area (Å²) in [6, 6.07) is 4.58. The number of carboxylic acid groups (broad SMARTS) is 1. The van der Waals surface area contributed by atoms with E-state index >= 15 is 0 Å². The van der Waals surface area contributed by atoms with Crippen LogP contribution < -0.4 is 10.1 Å². The van der Waals surface area contributed by atoms with Gasteiger partial charge >= 0.3 is 5.97 Å². The first-order valence-electron chi connectivity index (χ1n) is 6.10. The minimum atomic E-state index is -1.05. The van der Waals surface area contributed by atoms with Crippen molar-refractivity contribution in [2.24, 2.45) is 0 Å². The van der Waals surface area contributed by atoms with Gasteiger partial charge in [0.2, 0.25) is 0 Å². The second-order valence-corrected chi connectivity index (χ2v) is 4.91. The van der Waals surface area contributed by atoms with Crippen LogP contribution in [0.1, 0.15) is 19.3 Å². The Balaban J connectivity index is 0.000000250. The van der Waals surface area contributed by atoms with Crippen LogP contribution in [-0.4, -0.2) is 30.8 Å². The lowest BCUT2D eigenvalue weighted by Gasteiger charge is -2.08. The number of benzene rings is 1. The van der Waals surface area contributed by atoms with Gasteiger partial charge in [-0.1, -0.05) is 29.6 Å². The molecule has 1 aliphatic heterocycles. The Hall–Kier alpha value is -0.970. The first kappa shape index (κ1) is 16.1. The van der Waals surface area contributed by atoms with Crippen molar-refractivity contribution in [3.8, 4) is 5.75 Å². The van der Waals surface area contributed by atoms with Gasteiger partial charge in [-0.25, -0.2) is 4.79 Å². The summed E-state index contributed by atoms with van der Waals surface area (Å²) in [5.41, 5.74) is 0. The van der Waals surface area contributed by atoms with Gasteiger partial charge in [-0.2, -0.15) is 0 Å². The van der Waals surface area contributed by atoms with Gasteiger partial charge in [0.1, 0.15) is 5.75 Å². The van der Waals surface area contributed by atoms with Gasteiger partial charge in [0, 0.05) is 5.02 Å². The van der Waals surface area contributed by atoms with Crippen LogP contribution in [0, 0.1) is 0 Å². The number of hydrogen-bond acceptors (Lipinski definition) is 3. The number of carboxylic acids is 1. The first-order valence-corrected chi connectivity index (χ1v) is 6.85. The van der Waals surface area contributed by atoms with Gasteiger partial charge in [-0.05, 0) is 44.1 Å². The molecule has 0 spiro atoms. The Morgan fingerprint density at radius 3 is 2.37 bits per heavy atom. The zero-order valence-electron chi connectivity index (χ0n) is 10.5. The Kier molecular flexibility index (Phi) is 7.63. The lowest BCUT2D eigenvalue weighted by Crippen LogP contribution is -2.21. The minimum Gasteiger partial charge on any atom is -0.480 e. The molecule has 0 aliphatic carbocycles. The highest BCUT2D eigenvalue weighted by Gasteiger charge is 2.04. The number of carbonyl (C=O) groups is 1. The second kappa shape index (κ2) is 9.02. The highest BCUT2D eigenvalue weighted by Crippen LogP contribution is 2.27. The van der Waals surface area contributed by atoms with E-state index in [1.807, 2.05) is 0 Å². The quantitative estimate of drug-likeness (QED) is 0.900. The van der Waals surface area contributed by atoms with Crippen molar-refractivity contribution in [2.45, 2.75) is 19.3 Å². The minimum absolute atomic E-state index is 0.300. The number of piperidine rings is 1. The summed E-state index contributed by atoms with van der Waals surface area (Å²) in [7, 11) is 0. The molecule has 1 aromatic carbocycles. The maximum Gasteiger partial charge on any atom is 0.341 e. The Bertz CT molecular complexity index is 397. The van der Waals surface area contributed by atoms with Crippen molar-refractivity contribution in [1.82, 2.24) is 5.32 Å². The summed E-state index contributed by atoms with van der Waals surface area (Å²) in [4.78, 5) is 10.2. The average molecular weight is 306 g/mol. The molecule has 0 bridgehead atoms. The third-order valence-electron chi connectivity index (χ3n) is 2.45. The number of rotatable bonds is 3. The topological polar surface area (TPSA) is 58.6 Å². The molecule has 19 heavy (non-hydrogen) atoms. The van der Waals surface area contributed by atoms with E-state index in [2.05, 4.69) is 5.32 Å². The van der Waals surface area contributed by atoms with Crippen LogP contribution in [0.25, 0.3) is 0 Å². The fraction of sp³-hybridized carbons (Fsp3) is 0.462. The van der Waals surface area contributed by atoms with Crippen molar-refractivity contribution >= 4 is 29.2 Å². The lowest BCUT2D eigenvalue weighted by atomic mass is 10.2. The van der Waals surface area contributed by atoms with Crippen molar-refractivity contribution in [1.29, 1.82) is 0 Å². The fourth-order valence-corrected chi connectivity index (χ4v) is 2.00. The molecule has 0 saturated carbocycles. The van der Waals surface area contributed by atoms with E-state index in [-0.39, 0.29) is 0 Å². The van der Waals surface area contributed by atoms with Crippen molar-refractivity contribution < 1.29 is 14.6 Å². The molecule has 1 aromatic rings. The number of aliphatic carboxylic acids is 1. The molecule has 1 saturated heterocycles. The Morgan fingerprint density at radius 2 is 1.95 bits per heavy atom. The summed E-state index contributed by atoms with van der Waals surface area (Å²) in [6.45, 7) is 2.08. The standard InChI is InChI=1S/C8H6Cl2O3.C5H11N/c9-5-1-2-7(6(10)3-5)13-4-8(11)12;1-2-4-6-5-3-1/h1-3H,4H2,(H,11,12);6H,1-5H2. The van der Waals surface area contributed by atoms with E-state index < -0.39 is 12.6 Å². The molecular weight excluding hydrogens is 289 g/mol. The lowest BCUT2D eigenvalue weighted by molar-refractivity contribution is -0.139. The first-order chi connectivity index (χ1) is 9.09. The molecule has 1 heterocycles. The van der Waals surface area contributed by atoms with Gasteiger partial charge in [0.25, 0.3) is 0 Å². The van der Waals surface area contributed by atoms with E-state index in [9.17, 15) is 4.79 Å². The molecular formula is C13H17Cl2NO3. The predicted molar refractivity (Wildman–Crippen MR) is 76.3 cm³/mol. The van der Waals surface area contributed by atoms with E-state index in [0.717, 1.165) is 0 Å². The summed E-state index contributed by atoms with van der Waals surface area (Å²) in [6.07, 6.45) is 4.22. The normalized spacial score (nSPS) is 14.2. The summed E-state index contributed by atoms with van der Waals surface area (Å²) < 4.78 is 4.86. The smallest absolute Gasteiger partial charge is 0.341 e. The molecule has 0 unspecified atom stereocenters. The highest BCUT2D eigenvalue weighted by molar-refractivity contribution is 6.35. The zero-order chi connectivity index (χ0) is 14.1. The average Bonchev–Trinajstić information content (AvgIpc) is 2.40. The van der Waals surface area contributed by atoms with Gasteiger partial charge < -0.3 is 15.2 Å². The Morgan fingerprint density at radius 1 is 1.26 bits per heavy atom. The summed E-state index contributed by atoms with van der Waals surface area (Å²) in [5, 5.41) is 12.4. The molecule has 1 fully saturated rings. The van der Waals surface area contributed by atoms with Crippen LogP contribution in [0.4, 0.5) is 0 Å². The van der Waals surface area contributed by atoms with Crippen LogP contribution in [0.5, 0.6) is 5.75 Å². The van der Waals surface area contributed by atoms with Crippen molar-refractivity contribution in [3.05, 3.63) is 28.2 Å². The summed E-state index contributed by atoms with van der Waals surface area (Å²) >= 11 is 11.3. The maximum atomic E-state index is 10.2. The molecule has 6 heteroatoms. The number of nitrogens with one attached hydrogen (secondary N) is 1. The molecule has 1 aliphatic rings. The van der Waals surface area contributed by atoms with Crippen LogP contribution in [-0.2, 0) is 4.79 Å². The molecule has 2 rings (SSSR count). The van der Waals surface area contributed by atoms with E-state index in [1.165, 1.54) is 44.5 Å². The number of halogens is 2. The van der Waals surface area contributed by atoms with Crippen LogP contribution in [0.3, 0.4) is 0 Å². The van der Waals surface area contributed by atoms with Crippen LogP contribution in [0.2, 0.25) is 10.0 Å². The largest absolute Gasteiger partial charge is 0.480 e. The van der Waals surface area contributed by atoms with Gasteiger partial charge in [-0.3, -0.25) is 0 Å². The molecule has 0 radical (unpaired) electrons. The number of hydrogen-bond donors (Lipinski definition) is 2. The van der Waals surface area contributed by atoms with Crippen LogP contribution >= 0.6 is 23.2 Å². The fourth-order valence-electron chi connectivity index (χ4n) is 1.53. The van der Waals surface area contributed by atoms with Gasteiger partial charge in [-0.15, -0.1) is 0 Å². The molecule has 106 valence electrons. The molecule has 0 atom stereocenters. The summed E-state index contributed by atoms with van der Waals surface area (Å²) in [5.74, 6) is -0.737. The van der Waals surface area contributed by atoms with Crippen molar-refractivity contribution in [2.75, 3.05) is 19.7 Å². The zero-order valence-corrected chi connectivity index (χ0v) is 12.0. The number of ether oxygens (including phenoxy) is 1. The SMILES string of the molecule is C1CCNCC1.O=C(O)COc1ccc(Cl)cc1Cl. The molecule has 0 amide bonds. The maximum absolute atomic E-state index is 10.2. The van der Waals surface area contributed by atoms with Crippen molar-refractivity contribution in [3.63, 3.8) is 0 Å². The van der Waals surface area contributed by atoms with Gasteiger partial charge in [0.15, 0.2) is 6.61 Å². The second-order valence-electron chi connectivity index (χ2n) is 4.07.